The molecule has 1 aliphatic heterocycles. The lowest BCUT2D eigenvalue weighted by molar-refractivity contribution is -0.137. The monoisotopic (exact) mass is 543 g/mol. The Labute approximate surface area is 225 Å². The molecule has 3 heterocycles. The predicted octanol–water partition coefficient (Wildman–Crippen LogP) is 5.62. The van der Waals surface area contributed by atoms with Crippen LogP contribution >= 0.6 is 0 Å². The number of pyridine rings is 2. The molecule has 1 aliphatic rings. The molecule has 0 radical (unpaired) electrons. The Hall–Kier alpha value is -3.86. The number of likely N-dealkylation sites (tertiary alicyclic amines) is 1. The van der Waals surface area contributed by atoms with Gasteiger partial charge in [0.15, 0.2) is 0 Å². The molecule has 2 aromatic heterocycles. The minimum atomic E-state index is -4.61. The van der Waals surface area contributed by atoms with E-state index >= 15 is 0 Å². The quantitative estimate of drug-likeness (QED) is 0.343. The summed E-state index contributed by atoms with van der Waals surface area (Å²) < 4.78 is 52.0. The Morgan fingerprint density at radius 3 is 2.72 bits per heavy atom. The summed E-state index contributed by atoms with van der Waals surface area (Å²) >= 11 is 0. The zero-order valence-electron chi connectivity index (χ0n) is 22.1. The number of methoxy groups -OCH3 is 1. The van der Waals surface area contributed by atoms with Crippen LogP contribution in [0.2, 0.25) is 0 Å². The van der Waals surface area contributed by atoms with Crippen LogP contribution in [0.1, 0.15) is 48.2 Å². The van der Waals surface area contributed by atoms with E-state index < -0.39 is 17.6 Å². The van der Waals surface area contributed by atoms with Crippen molar-refractivity contribution in [1.82, 2.24) is 14.9 Å². The lowest BCUT2D eigenvalue weighted by atomic mass is 10.1. The highest BCUT2D eigenvalue weighted by Gasteiger charge is 2.32. The topological polar surface area (TPSA) is 88.6 Å². The van der Waals surface area contributed by atoms with Crippen molar-refractivity contribution in [3.8, 4) is 11.6 Å². The average molecular weight is 544 g/mol. The second kappa shape index (κ2) is 12.3. The van der Waals surface area contributed by atoms with Crippen molar-refractivity contribution in [3.05, 3.63) is 71.5 Å². The van der Waals surface area contributed by atoms with Gasteiger partial charge in [-0.05, 0) is 69.1 Å². The van der Waals surface area contributed by atoms with Crippen molar-refractivity contribution in [1.29, 1.82) is 0 Å². The lowest BCUT2D eigenvalue weighted by Gasteiger charge is -2.28. The number of anilines is 2. The van der Waals surface area contributed by atoms with Crippen LogP contribution in [0.15, 0.2) is 54.9 Å². The molecule has 1 amide bonds. The first-order chi connectivity index (χ1) is 18.6. The van der Waals surface area contributed by atoms with Gasteiger partial charge in [-0.3, -0.25) is 9.69 Å². The average Bonchev–Trinajstić information content (AvgIpc) is 3.39. The second-order valence-corrected chi connectivity index (χ2v) is 9.60. The van der Waals surface area contributed by atoms with E-state index in [0.29, 0.717) is 18.5 Å². The van der Waals surface area contributed by atoms with Gasteiger partial charge in [-0.25, -0.2) is 9.97 Å². The maximum atomic E-state index is 13.7. The van der Waals surface area contributed by atoms with Gasteiger partial charge >= 0.3 is 6.18 Å². The number of alkyl halides is 3. The SMILES string of the molecule is COc1cc(CNc2ncccc2C(=O)Nc2cc(OC[C@@H]3CCCN3C(C)C)cc(C(F)(F)F)c2)ccn1. The van der Waals surface area contributed by atoms with E-state index in [1.165, 1.54) is 19.4 Å². The van der Waals surface area contributed by atoms with E-state index in [-0.39, 0.29) is 35.5 Å². The third kappa shape index (κ3) is 7.38. The highest BCUT2D eigenvalue weighted by atomic mass is 19.4. The molecule has 1 fully saturated rings. The number of amides is 1. The molecule has 0 saturated carbocycles. The number of hydrogen-bond acceptors (Lipinski definition) is 7. The standard InChI is InChI=1S/C28H32F3N5O3/c1-18(2)36-11-5-6-22(36)17-39-23-14-20(28(29,30)31)13-21(15-23)35-27(37)24-7-4-9-33-26(24)34-16-19-8-10-32-25(12-19)38-3/h4,7-10,12-15,18,22H,5-6,11,16-17H2,1-3H3,(H,33,34)(H,35,37)/t22-/m0/s1. The van der Waals surface area contributed by atoms with Crippen LogP contribution in [0.25, 0.3) is 0 Å². The predicted molar refractivity (Wildman–Crippen MR) is 142 cm³/mol. The molecule has 11 heteroatoms. The van der Waals surface area contributed by atoms with Crippen LogP contribution in [0.5, 0.6) is 11.6 Å². The number of hydrogen-bond donors (Lipinski definition) is 2. The molecule has 0 bridgehead atoms. The number of carbonyl (C=O) groups excluding carboxylic acids is 1. The number of halogens is 3. The molecule has 1 saturated heterocycles. The fraction of sp³-hybridized carbons (Fsp3) is 0.393. The number of nitrogens with zero attached hydrogens (tertiary/aromatic N) is 3. The van der Waals surface area contributed by atoms with Crippen LogP contribution in [-0.4, -0.2) is 53.1 Å². The smallest absolute Gasteiger partial charge is 0.416 e. The van der Waals surface area contributed by atoms with Gasteiger partial charge < -0.3 is 20.1 Å². The van der Waals surface area contributed by atoms with Gasteiger partial charge in [-0.1, -0.05) is 0 Å². The van der Waals surface area contributed by atoms with Gasteiger partial charge in [0.1, 0.15) is 18.2 Å². The summed E-state index contributed by atoms with van der Waals surface area (Å²) in [7, 11) is 1.51. The number of nitrogens with one attached hydrogen (secondary N) is 2. The summed E-state index contributed by atoms with van der Waals surface area (Å²) in [5.74, 6) is 0.168. The first kappa shape index (κ1) is 28.2. The van der Waals surface area contributed by atoms with Crippen molar-refractivity contribution in [2.45, 2.75) is 51.5 Å². The summed E-state index contributed by atoms with van der Waals surface area (Å²) in [5, 5.41) is 5.68. The Kier molecular flexibility index (Phi) is 8.90. The van der Waals surface area contributed by atoms with Gasteiger partial charge in [0.2, 0.25) is 5.88 Å². The maximum Gasteiger partial charge on any atom is 0.416 e. The van der Waals surface area contributed by atoms with Gasteiger partial charge in [0.05, 0.1) is 18.2 Å². The first-order valence-electron chi connectivity index (χ1n) is 12.7. The normalized spacial score (nSPS) is 15.8. The van der Waals surface area contributed by atoms with Crippen molar-refractivity contribution < 1.29 is 27.4 Å². The number of rotatable bonds is 10. The summed E-state index contributed by atoms with van der Waals surface area (Å²) in [6, 6.07) is 10.4. The van der Waals surface area contributed by atoms with Crippen LogP contribution in [0.4, 0.5) is 24.7 Å². The van der Waals surface area contributed by atoms with Gasteiger partial charge in [0.25, 0.3) is 5.91 Å². The molecule has 0 unspecified atom stereocenters. The molecule has 39 heavy (non-hydrogen) atoms. The van der Waals surface area contributed by atoms with E-state index in [1.807, 2.05) is 0 Å². The van der Waals surface area contributed by atoms with Gasteiger partial charge in [-0.15, -0.1) is 0 Å². The van der Waals surface area contributed by atoms with E-state index in [9.17, 15) is 18.0 Å². The summed E-state index contributed by atoms with van der Waals surface area (Å²) in [6.07, 6.45) is 0.451. The largest absolute Gasteiger partial charge is 0.492 e. The van der Waals surface area contributed by atoms with E-state index in [2.05, 4.69) is 39.3 Å². The van der Waals surface area contributed by atoms with E-state index in [1.54, 1.807) is 30.5 Å². The molecular weight excluding hydrogens is 511 g/mol. The fourth-order valence-corrected chi connectivity index (χ4v) is 4.61. The van der Waals surface area contributed by atoms with E-state index in [4.69, 9.17) is 9.47 Å². The summed E-state index contributed by atoms with van der Waals surface area (Å²) in [6.45, 7) is 5.71. The van der Waals surface area contributed by atoms with Gasteiger partial charge in [-0.2, -0.15) is 13.2 Å². The van der Waals surface area contributed by atoms with Crippen molar-refractivity contribution >= 4 is 17.4 Å². The second-order valence-electron chi connectivity index (χ2n) is 9.60. The zero-order chi connectivity index (χ0) is 28.0. The lowest BCUT2D eigenvalue weighted by Crippen LogP contribution is -2.39. The molecule has 0 aliphatic carbocycles. The molecule has 3 aromatic rings. The molecule has 208 valence electrons. The minimum absolute atomic E-state index is 0.0226. The Morgan fingerprint density at radius 2 is 1.97 bits per heavy atom. The highest BCUT2D eigenvalue weighted by molar-refractivity contribution is 6.07. The van der Waals surface area contributed by atoms with Crippen molar-refractivity contribution in [2.24, 2.45) is 0 Å². The molecular formula is C28H32F3N5O3. The van der Waals surface area contributed by atoms with Crippen molar-refractivity contribution in [3.63, 3.8) is 0 Å². The highest BCUT2D eigenvalue weighted by Crippen LogP contribution is 2.35. The summed E-state index contributed by atoms with van der Waals surface area (Å²) in [4.78, 5) is 23.7. The third-order valence-electron chi connectivity index (χ3n) is 6.54. The Balaban J connectivity index is 1.50. The van der Waals surface area contributed by atoms with Crippen LogP contribution in [0, 0.1) is 0 Å². The van der Waals surface area contributed by atoms with Crippen LogP contribution < -0.4 is 20.1 Å². The zero-order valence-corrected chi connectivity index (χ0v) is 22.1. The molecule has 2 N–H and O–H groups in total. The molecule has 0 spiro atoms. The third-order valence-corrected chi connectivity index (χ3v) is 6.54. The number of carbonyl (C=O) groups is 1. The first-order valence-corrected chi connectivity index (χ1v) is 12.7. The fourth-order valence-electron chi connectivity index (χ4n) is 4.61. The molecule has 4 rings (SSSR count). The van der Waals surface area contributed by atoms with Crippen molar-refractivity contribution in [2.75, 3.05) is 30.9 Å². The van der Waals surface area contributed by atoms with E-state index in [0.717, 1.165) is 37.1 Å². The number of ether oxygens (including phenoxy) is 2. The maximum absolute atomic E-state index is 13.7. The molecule has 1 aromatic carbocycles. The van der Waals surface area contributed by atoms with Gasteiger partial charge in [0, 0.05) is 48.8 Å². The number of benzene rings is 1. The van der Waals surface area contributed by atoms with Crippen LogP contribution in [0.3, 0.4) is 0 Å². The molecule has 8 nitrogen and oxygen atoms in total. The Morgan fingerprint density at radius 1 is 1.15 bits per heavy atom. The summed E-state index contributed by atoms with van der Waals surface area (Å²) in [5.41, 5.74) is 0.0954. The Bertz CT molecular complexity index is 1290. The minimum Gasteiger partial charge on any atom is -0.492 e. The van der Waals surface area contributed by atoms with Crippen LogP contribution in [-0.2, 0) is 12.7 Å². The molecule has 1 atom stereocenters. The number of aromatic nitrogens is 2.